The first-order valence-electron chi connectivity index (χ1n) is 9.68. The third kappa shape index (κ3) is 5.00. The number of thiophene rings is 1. The molecule has 2 N–H and O–H groups in total. The number of hydrogen-bond donors (Lipinski definition) is 2. The van der Waals surface area contributed by atoms with Crippen LogP contribution in [0.5, 0.6) is 0 Å². The van der Waals surface area contributed by atoms with Gasteiger partial charge in [0.05, 0.1) is 5.92 Å². The predicted molar refractivity (Wildman–Crippen MR) is 120 cm³/mol. The second-order valence-corrected chi connectivity index (χ2v) is 10.3. The van der Waals surface area contributed by atoms with Crippen molar-refractivity contribution in [3.05, 3.63) is 51.2 Å². The van der Waals surface area contributed by atoms with E-state index in [4.69, 9.17) is 11.6 Å². The number of likely N-dealkylation sites (N-methyl/N-ethyl adjacent to an activating group) is 1. The summed E-state index contributed by atoms with van der Waals surface area (Å²) in [5.74, 6) is -0.952. The zero-order valence-electron chi connectivity index (χ0n) is 17.5. The molecule has 7 heteroatoms. The molecule has 156 valence electrons. The molecular weight excluding hydrogens is 406 g/mol. The smallest absolute Gasteiger partial charge is 0.240 e. The van der Waals surface area contributed by atoms with Gasteiger partial charge >= 0.3 is 0 Å². The van der Waals surface area contributed by atoms with Crippen LogP contribution in [0, 0.1) is 5.41 Å². The largest absolute Gasteiger partial charge is 0.347 e. The van der Waals surface area contributed by atoms with Crippen molar-refractivity contribution in [2.24, 2.45) is 5.41 Å². The summed E-state index contributed by atoms with van der Waals surface area (Å²) in [4.78, 5) is 28.9. The summed E-state index contributed by atoms with van der Waals surface area (Å²) in [5, 5.41) is 9.09. The van der Waals surface area contributed by atoms with E-state index < -0.39 is 12.0 Å². The molecule has 0 saturated carbocycles. The highest BCUT2D eigenvalue weighted by Crippen LogP contribution is 2.39. The molecule has 0 bridgehead atoms. The van der Waals surface area contributed by atoms with Crippen molar-refractivity contribution in [2.75, 3.05) is 19.4 Å². The molecule has 2 amide bonds. The molecule has 1 aliphatic rings. The van der Waals surface area contributed by atoms with Gasteiger partial charge in [-0.05, 0) is 41.0 Å². The molecule has 0 aliphatic carbocycles. The Balaban J connectivity index is 2.15. The van der Waals surface area contributed by atoms with Crippen LogP contribution in [0.2, 0.25) is 5.02 Å². The van der Waals surface area contributed by atoms with Crippen LogP contribution in [0.15, 0.2) is 35.7 Å². The normalized spacial score (nSPS) is 22.3. The molecule has 1 aliphatic heterocycles. The number of benzene rings is 1. The third-order valence-electron chi connectivity index (χ3n) is 5.02. The lowest BCUT2D eigenvalue weighted by Gasteiger charge is -2.37. The number of carbonyl (C=O) groups excluding carboxylic acids is 2. The molecule has 0 unspecified atom stereocenters. The predicted octanol–water partition coefficient (Wildman–Crippen LogP) is 4.66. The lowest BCUT2D eigenvalue weighted by Crippen LogP contribution is -2.53. The topological polar surface area (TPSA) is 61.4 Å². The fourth-order valence-corrected chi connectivity index (χ4v) is 4.77. The monoisotopic (exact) mass is 433 g/mol. The number of nitrogens with zero attached hydrogens (tertiary/aromatic N) is 1. The summed E-state index contributed by atoms with van der Waals surface area (Å²) < 4.78 is 0. The van der Waals surface area contributed by atoms with E-state index in [1.165, 1.54) is 11.3 Å². The Morgan fingerprint density at radius 2 is 1.97 bits per heavy atom. The van der Waals surface area contributed by atoms with E-state index in [1.54, 1.807) is 25.1 Å². The average Bonchev–Trinajstić information content (AvgIpc) is 3.11. The number of amides is 2. The quantitative estimate of drug-likeness (QED) is 0.739. The number of hydrogen-bond acceptors (Lipinski definition) is 4. The molecule has 0 saturated heterocycles. The first-order valence-corrected chi connectivity index (χ1v) is 10.9. The maximum absolute atomic E-state index is 13.3. The van der Waals surface area contributed by atoms with Crippen molar-refractivity contribution < 1.29 is 9.59 Å². The van der Waals surface area contributed by atoms with Crippen molar-refractivity contribution in [2.45, 2.75) is 45.2 Å². The SMILES string of the molecule is CN(C)C(=O)[C@@H]1N[C@H](CC(C)(C)C)c2ccc(Cl)cc2NC(=O)[C@H]1c1cccs1. The highest BCUT2D eigenvalue weighted by molar-refractivity contribution is 7.10. The number of carbonyl (C=O) groups is 2. The molecule has 3 atom stereocenters. The van der Waals surface area contributed by atoms with E-state index in [9.17, 15) is 9.59 Å². The molecule has 0 radical (unpaired) electrons. The van der Waals surface area contributed by atoms with Crippen LogP contribution in [0.3, 0.4) is 0 Å². The summed E-state index contributed by atoms with van der Waals surface area (Å²) in [5.41, 5.74) is 1.66. The van der Waals surface area contributed by atoms with E-state index in [-0.39, 0.29) is 23.3 Å². The Kier molecular flexibility index (Phi) is 6.36. The molecule has 1 aromatic carbocycles. The van der Waals surface area contributed by atoms with Gasteiger partial charge in [-0.3, -0.25) is 14.9 Å². The molecule has 2 aromatic rings. The fraction of sp³-hybridized carbons (Fsp3) is 0.455. The van der Waals surface area contributed by atoms with E-state index in [2.05, 4.69) is 31.4 Å². The molecule has 3 rings (SSSR count). The Labute approximate surface area is 181 Å². The van der Waals surface area contributed by atoms with Gasteiger partial charge in [0, 0.05) is 35.7 Å². The first kappa shape index (κ1) is 21.8. The summed E-state index contributed by atoms with van der Waals surface area (Å²) in [6, 6.07) is 8.58. The van der Waals surface area contributed by atoms with Gasteiger partial charge in [0.15, 0.2) is 0 Å². The van der Waals surface area contributed by atoms with Gasteiger partial charge in [0.25, 0.3) is 0 Å². The minimum atomic E-state index is -0.667. The summed E-state index contributed by atoms with van der Waals surface area (Å²) in [6.45, 7) is 6.50. The van der Waals surface area contributed by atoms with E-state index in [1.807, 2.05) is 29.6 Å². The van der Waals surface area contributed by atoms with Gasteiger partial charge in [-0.15, -0.1) is 11.3 Å². The Morgan fingerprint density at radius 3 is 2.55 bits per heavy atom. The first-order chi connectivity index (χ1) is 13.6. The maximum Gasteiger partial charge on any atom is 0.240 e. The van der Waals surface area contributed by atoms with Crippen molar-refractivity contribution in [3.63, 3.8) is 0 Å². The lowest BCUT2D eigenvalue weighted by molar-refractivity contribution is -0.134. The summed E-state index contributed by atoms with van der Waals surface area (Å²) >= 11 is 7.71. The number of halogens is 1. The second kappa shape index (κ2) is 8.46. The number of rotatable bonds is 3. The van der Waals surface area contributed by atoms with Crippen LogP contribution in [0.4, 0.5) is 5.69 Å². The minimum Gasteiger partial charge on any atom is -0.347 e. The molecular formula is C22H28ClN3O2S. The molecule has 2 heterocycles. The Morgan fingerprint density at radius 1 is 1.24 bits per heavy atom. The van der Waals surface area contributed by atoms with Gasteiger partial charge in [0.1, 0.15) is 6.04 Å². The van der Waals surface area contributed by atoms with Crippen LogP contribution < -0.4 is 10.6 Å². The highest BCUT2D eigenvalue weighted by Gasteiger charge is 2.41. The fourth-order valence-electron chi connectivity index (χ4n) is 3.74. The standard InChI is InChI=1S/C22H28ClN3O2S/c1-22(2,3)12-16-14-9-8-13(23)11-15(14)25-20(27)18(17-7-6-10-29-17)19(24-16)21(28)26(4)5/h6-11,16,18-19,24H,12H2,1-5H3,(H,25,27)/t16-,18+,19-/m1/s1. The third-order valence-corrected chi connectivity index (χ3v) is 6.21. The number of anilines is 1. The minimum absolute atomic E-state index is 0.0158. The second-order valence-electron chi connectivity index (χ2n) is 8.91. The van der Waals surface area contributed by atoms with E-state index >= 15 is 0 Å². The summed E-state index contributed by atoms with van der Waals surface area (Å²) in [7, 11) is 3.44. The molecule has 0 spiro atoms. The van der Waals surface area contributed by atoms with Crippen LogP contribution in [0.1, 0.15) is 49.6 Å². The number of fused-ring (bicyclic) bond motifs is 1. The van der Waals surface area contributed by atoms with Crippen LogP contribution in [0.25, 0.3) is 0 Å². The Hall–Kier alpha value is -1.89. The average molecular weight is 434 g/mol. The maximum atomic E-state index is 13.3. The van der Waals surface area contributed by atoms with Crippen LogP contribution in [-0.2, 0) is 9.59 Å². The Bertz CT molecular complexity index is 890. The zero-order chi connectivity index (χ0) is 21.3. The van der Waals surface area contributed by atoms with Gasteiger partial charge in [-0.2, -0.15) is 0 Å². The van der Waals surface area contributed by atoms with Crippen molar-refractivity contribution in [1.82, 2.24) is 10.2 Å². The molecule has 29 heavy (non-hydrogen) atoms. The van der Waals surface area contributed by atoms with Crippen LogP contribution >= 0.6 is 22.9 Å². The van der Waals surface area contributed by atoms with Crippen molar-refractivity contribution >= 4 is 40.4 Å². The zero-order valence-corrected chi connectivity index (χ0v) is 19.0. The van der Waals surface area contributed by atoms with Crippen molar-refractivity contribution in [3.8, 4) is 0 Å². The lowest BCUT2D eigenvalue weighted by atomic mass is 9.82. The van der Waals surface area contributed by atoms with Crippen LogP contribution in [-0.4, -0.2) is 36.9 Å². The van der Waals surface area contributed by atoms with Gasteiger partial charge in [-0.1, -0.05) is 44.5 Å². The van der Waals surface area contributed by atoms with Crippen molar-refractivity contribution in [1.29, 1.82) is 0 Å². The number of nitrogens with one attached hydrogen (secondary N) is 2. The molecule has 1 aromatic heterocycles. The summed E-state index contributed by atoms with van der Waals surface area (Å²) in [6.07, 6.45) is 0.797. The molecule has 0 fully saturated rings. The van der Waals surface area contributed by atoms with Gasteiger partial charge in [0.2, 0.25) is 11.8 Å². The molecule has 5 nitrogen and oxygen atoms in total. The van der Waals surface area contributed by atoms with Gasteiger partial charge in [-0.25, -0.2) is 0 Å². The van der Waals surface area contributed by atoms with Gasteiger partial charge < -0.3 is 10.2 Å². The van der Waals surface area contributed by atoms with E-state index in [0.717, 1.165) is 16.9 Å². The highest BCUT2D eigenvalue weighted by atomic mass is 35.5. The van der Waals surface area contributed by atoms with E-state index in [0.29, 0.717) is 10.7 Å².